The highest BCUT2D eigenvalue weighted by Crippen LogP contribution is 2.42. The fraction of sp³-hybridized carbons (Fsp3) is 0.227. The van der Waals surface area contributed by atoms with Crippen molar-refractivity contribution in [1.82, 2.24) is 9.78 Å². The Bertz CT molecular complexity index is 1320. The van der Waals surface area contributed by atoms with E-state index in [1.807, 2.05) is 0 Å². The molecular weight excluding hydrogens is 459 g/mol. The molecule has 4 rings (SSSR count). The molecule has 1 aromatic heterocycles. The Morgan fingerprint density at radius 1 is 1.21 bits per heavy atom. The number of esters is 1. The zero-order chi connectivity index (χ0) is 24.6. The molecule has 0 aliphatic carbocycles. The highest BCUT2D eigenvalue weighted by Gasteiger charge is 2.40. The summed E-state index contributed by atoms with van der Waals surface area (Å²) in [6.07, 6.45) is -2.53. The Hall–Kier alpha value is -4.22. The van der Waals surface area contributed by atoms with Gasteiger partial charge in [-0.25, -0.2) is 4.79 Å². The average Bonchev–Trinajstić information content (AvgIpc) is 3.32. The number of ketones is 1. The van der Waals surface area contributed by atoms with Crippen LogP contribution in [0.1, 0.15) is 27.9 Å². The van der Waals surface area contributed by atoms with Crippen molar-refractivity contribution in [3.05, 3.63) is 69.4 Å². The standard InChI is InChI=1S/C22H16F3N3O6/c1-33-21(30)20(29)19-14(22(23,24)25)5-6-15(27-9-8-17(26-27)28(31)32)18(19)13-4-7-16-12(11-13)3-2-10-34-16/h4-9,11H,2-3,10H2,1H3. The average molecular weight is 475 g/mol. The smallest absolute Gasteiger partial charge is 0.417 e. The van der Waals surface area contributed by atoms with Crippen LogP contribution < -0.4 is 4.74 Å². The van der Waals surface area contributed by atoms with Gasteiger partial charge in [-0.15, -0.1) is 4.68 Å². The Labute approximate surface area is 189 Å². The van der Waals surface area contributed by atoms with Crippen LogP contribution >= 0.6 is 0 Å². The Morgan fingerprint density at radius 2 is 1.97 bits per heavy atom. The molecule has 2 heterocycles. The predicted molar refractivity (Wildman–Crippen MR) is 111 cm³/mol. The van der Waals surface area contributed by atoms with Crippen molar-refractivity contribution < 1.29 is 37.2 Å². The summed E-state index contributed by atoms with van der Waals surface area (Å²) in [4.78, 5) is 35.3. The number of alkyl halides is 3. The lowest BCUT2D eigenvalue weighted by Crippen LogP contribution is -2.23. The number of rotatable bonds is 5. The molecule has 0 saturated heterocycles. The van der Waals surface area contributed by atoms with Crippen LogP contribution in [0.2, 0.25) is 0 Å². The van der Waals surface area contributed by atoms with Gasteiger partial charge >= 0.3 is 18.0 Å². The number of methoxy groups -OCH3 is 1. The minimum absolute atomic E-state index is 0.0648. The number of carbonyl (C=O) groups is 2. The number of aryl methyl sites for hydroxylation is 1. The van der Waals surface area contributed by atoms with Gasteiger partial charge in [-0.2, -0.15) is 13.2 Å². The van der Waals surface area contributed by atoms with E-state index < -0.39 is 39.8 Å². The number of nitro groups is 1. The van der Waals surface area contributed by atoms with Crippen LogP contribution in [0, 0.1) is 10.1 Å². The van der Waals surface area contributed by atoms with E-state index in [4.69, 9.17) is 4.74 Å². The van der Waals surface area contributed by atoms with Crippen molar-refractivity contribution in [1.29, 1.82) is 0 Å². The maximum absolute atomic E-state index is 14.0. The van der Waals surface area contributed by atoms with Gasteiger partial charge in [0.1, 0.15) is 5.75 Å². The van der Waals surface area contributed by atoms with Gasteiger partial charge in [-0.1, -0.05) is 6.07 Å². The first-order valence-electron chi connectivity index (χ1n) is 9.95. The van der Waals surface area contributed by atoms with Crippen molar-refractivity contribution in [3.63, 3.8) is 0 Å². The number of halogens is 3. The summed E-state index contributed by atoms with van der Waals surface area (Å²) in [6, 6.07) is 7.31. The lowest BCUT2D eigenvalue weighted by molar-refractivity contribution is -0.389. The first-order valence-corrected chi connectivity index (χ1v) is 9.95. The molecular formula is C22H16F3N3O6. The lowest BCUT2D eigenvalue weighted by Gasteiger charge is -2.21. The number of hydrogen-bond donors (Lipinski definition) is 0. The van der Waals surface area contributed by atoms with Gasteiger partial charge in [0.15, 0.2) is 0 Å². The molecule has 0 N–H and O–H groups in total. The van der Waals surface area contributed by atoms with Crippen molar-refractivity contribution in [2.45, 2.75) is 19.0 Å². The lowest BCUT2D eigenvalue weighted by atomic mass is 9.89. The quantitative estimate of drug-likeness (QED) is 0.179. The van der Waals surface area contributed by atoms with Gasteiger partial charge in [0, 0.05) is 5.56 Å². The van der Waals surface area contributed by atoms with Crippen LogP contribution in [-0.2, 0) is 22.1 Å². The number of carbonyl (C=O) groups excluding carboxylic acids is 2. The van der Waals surface area contributed by atoms with Crippen LogP contribution in [0.25, 0.3) is 16.8 Å². The van der Waals surface area contributed by atoms with Crippen molar-refractivity contribution in [2.24, 2.45) is 0 Å². The Balaban J connectivity index is 2.07. The summed E-state index contributed by atoms with van der Waals surface area (Å²) in [5, 5.41) is 14.9. The van der Waals surface area contributed by atoms with E-state index in [0.29, 0.717) is 36.8 Å². The Kier molecular flexibility index (Phi) is 5.82. The summed E-state index contributed by atoms with van der Waals surface area (Å²) < 4.78 is 52.8. The largest absolute Gasteiger partial charge is 0.493 e. The summed E-state index contributed by atoms with van der Waals surface area (Å²) in [5.41, 5.74) is -1.74. The van der Waals surface area contributed by atoms with E-state index in [2.05, 4.69) is 9.84 Å². The number of hydrogen-bond acceptors (Lipinski definition) is 7. The molecule has 3 aromatic rings. The molecule has 0 atom stereocenters. The van der Waals surface area contributed by atoms with Gasteiger partial charge in [-0.3, -0.25) is 4.79 Å². The van der Waals surface area contributed by atoms with Crippen molar-refractivity contribution >= 4 is 17.6 Å². The van der Waals surface area contributed by atoms with Crippen molar-refractivity contribution in [3.8, 4) is 22.6 Å². The topological polar surface area (TPSA) is 114 Å². The number of fused-ring (bicyclic) bond motifs is 1. The zero-order valence-electron chi connectivity index (χ0n) is 17.6. The SMILES string of the molecule is COC(=O)C(=O)c1c(C(F)(F)F)ccc(-n2ccc([N+](=O)[O-])n2)c1-c1ccc2c(c1)CCCO2. The molecule has 12 heteroatoms. The third-order valence-electron chi connectivity index (χ3n) is 5.29. The first kappa shape index (κ1) is 23.0. The number of benzene rings is 2. The van der Waals surface area contributed by atoms with Gasteiger partial charge in [0.25, 0.3) is 5.78 Å². The number of aromatic nitrogens is 2. The fourth-order valence-electron chi connectivity index (χ4n) is 3.80. The highest BCUT2D eigenvalue weighted by molar-refractivity contribution is 6.42. The summed E-state index contributed by atoms with van der Waals surface area (Å²) in [5.74, 6) is -3.00. The second-order valence-corrected chi connectivity index (χ2v) is 7.35. The summed E-state index contributed by atoms with van der Waals surface area (Å²) in [7, 11) is 0.879. The number of ether oxygens (including phenoxy) is 2. The maximum Gasteiger partial charge on any atom is 0.417 e. The molecule has 0 amide bonds. The summed E-state index contributed by atoms with van der Waals surface area (Å²) >= 11 is 0. The first-order chi connectivity index (χ1) is 16.1. The minimum atomic E-state index is -4.99. The van der Waals surface area contributed by atoms with Gasteiger partial charge < -0.3 is 19.6 Å². The number of Topliss-reactive ketones (excluding diaryl/α,β-unsaturated/α-hetero) is 1. The van der Waals surface area contributed by atoms with Crippen LogP contribution in [0.3, 0.4) is 0 Å². The van der Waals surface area contributed by atoms with Crippen LogP contribution in [0.5, 0.6) is 5.75 Å². The molecule has 0 bridgehead atoms. The molecule has 0 radical (unpaired) electrons. The van der Waals surface area contributed by atoms with E-state index in [1.54, 1.807) is 12.1 Å². The molecule has 1 aliphatic heterocycles. The summed E-state index contributed by atoms with van der Waals surface area (Å²) in [6.45, 7) is 0.490. The minimum Gasteiger partial charge on any atom is -0.493 e. The zero-order valence-corrected chi connectivity index (χ0v) is 17.6. The van der Waals surface area contributed by atoms with Crippen molar-refractivity contribution in [2.75, 3.05) is 13.7 Å². The molecule has 2 aromatic carbocycles. The van der Waals surface area contributed by atoms with Crippen LogP contribution in [-0.4, -0.2) is 40.2 Å². The highest BCUT2D eigenvalue weighted by atomic mass is 19.4. The van der Waals surface area contributed by atoms with Gasteiger partial charge in [0.2, 0.25) is 0 Å². The molecule has 0 saturated carbocycles. The third kappa shape index (κ3) is 4.09. The molecule has 0 fully saturated rings. The molecule has 34 heavy (non-hydrogen) atoms. The molecule has 9 nitrogen and oxygen atoms in total. The molecule has 1 aliphatic rings. The van der Waals surface area contributed by atoms with E-state index in [9.17, 15) is 32.9 Å². The third-order valence-corrected chi connectivity index (χ3v) is 5.29. The van der Waals surface area contributed by atoms with Gasteiger partial charge in [0.05, 0.1) is 47.9 Å². The van der Waals surface area contributed by atoms with Crippen LogP contribution in [0.4, 0.5) is 19.0 Å². The van der Waals surface area contributed by atoms with E-state index in [1.165, 1.54) is 12.3 Å². The maximum atomic E-state index is 14.0. The van der Waals surface area contributed by atoms with E-state index in [-0.39, 0.29) is 16.8 Å². The fourth-order valence-corrected chi connectivity index (χ4v) is 3.80. The Morgan fingerprint density at radius 3 is 2.62 bits per heavy atom. The van der Waals surface area contributed by atoms with E-state index >= 15 is 0 Å². The van der Waals surface area contributed by atoms with Gasteiger partial charge in [-0.05, 0) is 53.2 Å². The second kappa shape index (κ2) is 8.61. The molecule has 176 valence electrons. The second-order valence-electron chi connectivity index (χ2n) is 7.35. The van der Waals surface area contributed by atoms with E-state index in [0.717, 1.165) is 23.9 Å². The molecule has 0 spiro atoms. The normalized spacial score (nSPS) is 13.1. The van der Waals surface area contributed by atoms with Crippen LogP contribution in [0.15, 0.2) is 42.6 Å². The monoisotopic (exact) mass is 475 g/mol. The number of nitrogens with zero attached hydrogens (tertiary/aromatic N) is 3. The predicted octanol–water partition coefficient (Wildman–Crippen LogP) is 4.15. The molecule has 0 unspecified atom stereocenters.